The monoisotopic (exact) mass is 458 g/mol. The van der Waals surface area contributed by atoms with Crippen molar-refractivity contribution in [2.45, 2.75) is 52.1 Å². The van der Waals surface area contributed by atoms with Crippen LogP contribution in [0.4, 0.5) is 19.0 Å². The Balaban J connectivity index is 1.66. The van der Waals surface area contributed by atoms with Crippen LogP contribution in [-0.2, 0) is 29.7 Å². The Bertz CT molecular complexity index is 1210. The van der Waals surface area contributed by atoms with Crippen molar-refractivity contribution in [3.05, 3.63) is 64.5 Å². The summed E-state index contributed by atoms with van der Waals surface area (Å²) in [4.78, 5) is 23.3. The number of anilines is 1. The number of nitrogen functional groups attached to an aromatic ring is 1. The fourth-order valence-electron chi connectivity index (χ4n) is 4.22. The molecule has 1 amide bonds. The number of ether oxygens (including phenoxy) is 1. The molecule has 2 aromatic heterocycles. The Morgan fingerprint density at radius 3 is 2.64 bits per heavy atom. The lowest BCUT2D eigenvalue weighted by molar-refractivity contribution is -0.137. The Labute approximate surface area is 189 Å². The summed E-state index contributed by atoms with van der Waals surface area (Å²) in [6.45, 7) is 6.71. The van der Waals surface area contributed by atoms with Gasteiger partial charge in [0.15, 0.2) is 0 Å². The number of rotatable bonds is 5. The molecule has 33 heavy (non-hydrogen) atoms. The zero-order valence-electron chi connectivity index (χ0n) is 18.7. The molecular formula is C24H25F3N4O2. The maximum absolute atomic E-state index is 13.3. The van der Waals surface area contributed by atoms with E-state index in [1.807, 2.05) is 20.8 Å². The molecule has 0 saturated carbocycles. The topological polar surface area (TPSA) is 81.3 Å². The fraction of sp³-hybridized carbons (Fsp3) is 0.375. The molecule has 0 radical (unpaired) electrons. The van der Waals surface area contributed by atoms with Gasteiger partial charge in [-0.05, 0) is 56.2 Å². The highest BCUT2D eigenvalue weighted by molar-refractivity contribution is 5.99. The van der Waals surface area contributed by atoms with Gasteiger partial charge in [-0.15, -0.1) is 0 Å². The van der Waals surface area contributed by atoms with Crippen molar-refractivity contribution in [1.29, 1.82) is 0 Å². The minimum atomic E-state index is -4.45. The Morgan fingerprint density at radius 1 is 1.24 bits per heavy atom. The predicted octanol–water partition coefficient (Wildman–Crippen LogP) is 5.05. The third-order valence-electron chi connectivity index (χ3n) is 5.83. The summed E-state index contributed by atoms with van der Waals surface area (Å²) < 4.78 is 44.4. The quantitative estimate of drug-likeness (QED) is 0.579. The molecule has 0 saturated heterocycles. The first-order valence-corrected chi connectivity index (χ1v) is 10.7. The number of amides is 1. The van der Waals surface area contributed by atoms with Gasteiger partial charge in [-0.25, -0.2) is 4.98 Å². The molecule has 174 valence electrons. The number of hydrogen-bond acceptors (Lipinski definition) is 5. The minimum absolute atomic E-state index is 0.108. The van der Waals surface area contributed by atoms with E-state index in [9.17, 15) is 18.0 Å². The minimum Gasteiger partial charge on any atom is -0.383 e. The van der Waals surface area contributed by atoms with Crippen LogP contribution in [0.15, 0.2) is 36.5 Å². The molecule has 0 atom stereocenters. The number of fused-ring (bicyclic) bond motifs is 3. The number of hydrogen-bond donors (Lipinski definition) is 1. The van der Waals surface area contributed by atoms with Crippen LogP contribution >= 0.6 is 0 Å². The summed E-state index contributed by atoms with van der Waals surface area (Å²) in [5, 5.41) is 0.805. The van der Waals surface area contributed by atoms with Crippen LogP contribution in [0.5, 0.6) is 0 Å². The van der Waals surface area contributed by atoms with Crippen LogP contribution in [-0.4, -0.2) is 27.3 Å². The normalized spacial score (nSPS) is 15.0. The van der Waals surface area contributed by atoms with Crippen molar-refractivity contribution in [3.63, 3.8) is 0 Å². The average molecular weight is 458 g/mol. The van der Waals surface area contributed by atoms with Crippen molar-refractivity contribution >= 4 is 22.6 Å². The SMILES string of the molecule is CCCN(Cc1ccc(C(F)(F)F)cn1)C(=O)c1ccc2nc(N)c3c(c2c1)COC3(C)C. The third-order valence-corrected chi connectivity index (χ3v) is 5.83. The molecule has 3 aromatic rings. The standard InChI is InChI=1S/C24H25F3N4O2/c1-4-9-31(12-16-7-6-15(11-29-16)24(25,26)27)22(32)14-5-8-19-17(10-14)18-13-33-23(2,3)20(18)21(28)30-19/h5-8,10-11H,4,9,12-13H2,1-3H3,(H2,28,30). The largest absolute Gasteiger partial charge is 0.417 e. The molecule has 3 heterocycles. The van der Waals surface area contributed by atoms with E-state index in [0.29, 0.717) is 42.2 Å². The van der Waals surface area contributed by atoms with Crippen LogP contribution in [0.2, 0.25) is 0 Å². The van der Waals surface area contributed by atoms with Gasteiger partial charge in [-0.1, -0.05) is 6.92 Å². The number of nitrogens with two attached hydrogens (primary N) is 1. The molecule has 2 N–H and O–H groups in total. The van der Waals surface area contributed by atoms with E-state index in [2.05, 4.69) is 9.97 Å². The van der Waals surface area contributed by atoms with Crippen LogP contribution in [0.1, 0.15) is 59.9 Å². The molecule has 0 spiro atoms. The summed E-state index contributed by atoms with van der Waals surface area (Å²) >= 11 is 0. The van der Waals surface area contributed by atoms with Gasteiger partial charge in [0.2, 0.25) is 0 Å². The van der Waals surface area contributed by atoms with E-state index in [4.69, 9.17) is 10.5 Å². The fourth-order valence-corrected chi connectivity index (χ4v) is 4.22. The zero-order chi connectivity index (χ0) is 24.0. The smallest absolute Gasteiger partial charge is 0.383 e. The molecule has 0 fully saturated rings. The van der Waals surface area contributed by atoms with Crippen LogP contribution < -0.4 is 5.73 Å². The lowest BCUT2D eigenvalue weighted by Gasteiger charge is -2.23. The molecule has 0 bridgehead atoms. The Hall–Kier alpha value is -3.20. The van der Waals surface area contributed by atoms with E-state index < -0.39 is 17.3 Å². The molecule has 1 aliphatic heterocycles. The average Bonchev–Trinajstić information content (AvgIpc) is 3.08. The first-order chi connectivity index (χ1) is 15.5. The van der Waals surface area contributed by atoms with Crippen molar-refractivity contribution in [2.75, 3.05) is 12.3 Å². The van der Waals surface area contributed by atoms with E-state index in [1.165, 1.54) is 6.07 Å². The van der Waals surface area contributed by atoms with Crippen molar-refractivity contribution < 1.29 is 22.7 Å². The summed E-state index contributed by atoms with van der Waals surface area (Å²) in [6.07, 6.45) is -2.97. The Kier molecular flexibility index (Phi) is 5.78. The first kappa shape index (κ1) is 23.0. The summed E-state index contributed by atoms with van der Waals surface area (Å²) in [5.74, 6) is 0.185. The maximum atomic E-state index is 13.3. The molecular weight excluding hydrogens is 433 g/mol. The van der Waals surface area contributed by atoms with Gasteiger partial charge < -0.3 is 15.4 Å². The van der Waals surface area contributed by atoms with Crippen LogP contribution in [0, 0.1) is 0 Å². The van der Waals surface area contributed by atoms with Crippen molar-refractivity contribution in [2.24, 2.45) is 0 Å². The van der Waals surface area contributed by atoms with Crippen molar-refractivity contribution in [1.82, 2.24) is 14.9 Å². The van der Waals surface area contributed by atoms with Crippen LogP contribution in [0.25, 0.3) is 10.9 Å². The van der Waals surface area contributed by atoms with E-state index >= 15 is 0 Å². The van der Waals surface area contributed by atoms with E-state index in [-0.39, 0.29) is 12.5 Å². The van der Waals surface area contributed by atoms with Gasteiger partial charge in [0.1, 0.15) is 5.82 Å². The van der Waals surface area contributed by atoms with Gasteiger partial charge in [0.25, 0.3) is 5.91 Å². The number of nitrogens with zero attached hydrogens (tertiary/aromatic N) is 3. The number of alkyl halides is 3. The molecule has 4 rings (SSSR count). The van der Waals surface area contributed by atoms with E-state index in [1.54, 1.807) is 23.1 Å². The molecule has 1 aliphatic rings. The molecule has 0 aliphatic carbocycles. The lowest BCUT2D eigenvalue weighted by Crippen LogP contribution is -2.31. The predicted molar refractivity (Wildman–Crippen MR) is 118 cm³/mol. The highest BCUT2D eigenvalue weighted by Crippen LogP contribution is 2.42. The highest BCUT2D eigenvalue weighted by Gasteiger charge is 2.35. The molecule has 1 aromatic carbocycles. The molecule has 6 nitrogen and oxygen atoms in total. The maximum Gasteiger partial charge on any atom is 0.417 e. The van der Waals surface area contributed by atoms with Gasteiger partial charge >= 0.3 is 6.18 Å². The number of carbonyl (C=O) groups excluding carboxylic acids is 1. The second kappa shape index (κ2) is 8.30. The number of halogens is 3. The van der Waals surface area contributed by atoms with E-state index in [0.717, 1.165) is 28.8 Å². The number of pyridine rings is 2. The first-order valence-electron chi connectivity index (χ1n) is 10.7. The summed E-state index contributed by atoms with van der Waals surface area (Å²) in [6, 6.07) is 7.51. The number of aromatic nitrogens is 2. The van der Waals surface area contributed by atoms with Crippen molar-refractivity contribution in [3.8, 4) is 0 Å². The number of benzene rings is 1. The second-order valence-corrected chi connectivity index (χ2v) is 8.64. The molecule has 0 unspecified atom stereocenters. The number of carbonyl (C=O) groups is 1. The van der Waals surface area contributed by atoms with Crippen LogP contribution in [0.3, 0.4) is 0 Å². The third kappa shape index (κ3) is 4.37. The molecule has 9 heteroatoms. The second-order valence-electron chi connectivity index (χ2n) is 8.64. The van der Waals surface area contributed by atoms with Gasteiger partial charge in [-0.3, -0.25) is 9.78 Å². The lowest BCUT2D eigenvalue weighted by atomic mass is 9.93. The van der Waals surface area contributed by atoms with Gasteiger partial charge in [-0.2, -0.15) is 13.2 Å². The van der Waals surface area contributed by atoms with Gasteiger partial charge in [0.05, 0.1) is 35.5 Å². The summed E-state index contributed by atoms with van der Waals surface area (Å²) in [7, 11) is 0. The highest BCUT2D eigenvalue weighted by atomic mass is 19.4. The Morgan fingerprint density at radius 2 is 2.00 bits per heavy atom. The zero-order valence-corrected chi connectivity index (χ0v) is 18.7. The van der Waals surface area contributed by atoms with Gasteiger partial charge in [0, 0.05) is 29.3 Å². The summed E-state index contributed by atoms with van der Waals surface area (Å²) in [5.41, 5.74) is 8.07.